The highest BCUT2D eigenvalue weighted by molar-refractivity contribution is 5.93. The second-order valence-corrected chi connectivity index (χ2v) is 7.03. The molecule has 2 aliphatic rings. The summed E-state index contributed by atoms with van der Waals surface area (Å²) in [6.45, 7) is 2.17. The lowest BCUT2D eigenvalue weighted by molar-refractivity contribution is -0.130. The number of aromatic nitrogens is 1. The van der Waals surface area contributed by atoms with Crippen molar-refractivity contribution in [1.82, 2.24) is 14.8 Å². The van der Waals surface area contributed by atoms with Crippen molar-refractivity contribution in [3.63, 3.8) is 0 Å². The topological polar surface area (TPSA) is 53.5 Å². The van der Waals surface area contributed by atoms with Gasteiger partial charge in [0.2, 0.25) is 5.91 Å². The Kier molecular flexibility index (Phi) is 4.69. The smallest absolute Gasteiger partial charge is 0.272 e. The lowest BCUT2D eigenvalue weighted by atomic mass is 10.0. The molecule has 1 aromatic carbocycles. The van der Waals surface area contributed by atoms with Crippen molar-refractivity contribution in [1.29, 1.82) is 0 Å². The number of hydrogen-bond donors (Lipinski definition) is 0. The second-order valence-electron chi connectivity index (χ2n) is 7.03. The van der Waals surface area contributed by atoms with E-state index in [4.69, 9.17) is 0 Å². The Morgan fingerprint density at radius 3 is 2.65 bits per heavy atom. The van der Waals surface area contributed by atoms with E-state index in [0.29, 0.717) is 18.7 Å². The monoisotopic (exact) mass is 349 g/mol. The standard InChI is InChI=1S/C21H23N3O2/c25-20-9-5-13-24(20)18-8-4-12-23(15-18)21(26)19-14-17(10-11-22-19)16-6-2-1-3-7-16/h1-3,6-7,10-11,14,18H,4-5,8-9,12-13,15H2. The zero-order chi connectivity index (χ0) is 17.9. The highest BCUT2D eigenvalue weighted by Crippen LogP contribution is 2.24. The van der Waals surface area contributed by atoms with E-state index in [0.717, 1.165) is 43.5 Å². The quantitative estimate of drug-likeness (QED) is 0.856. The maximum absolute atomic E-state index is 13.0. The van der Waals surface area contributed by atoms with E-state index in [1.54, 1.807) is 6.20 Å². The largest absolute Gasteiger partial charge is 0.338 e. The molecule has 2 aromatic rings. The van der Waals surface area contributed by atoms with Gasteiger partial charge < -0.3 is 9.80 Å². The Labute approximate surface area is 153 Å². The molecule has 0 aliphatic carbocycles. The molecule has 134 valence electrons. The SMILES string of the molecule is O=C(c1cc(-c2ccccc2)ccn1)N1CCCC(N2CCCC2=O)C1. The van der Waals surface area contributed by atoms with E-state index in [1.165, 1.54) is 0 Å². The van der Waals surface area contributed by atoms with Crippen molar-refractivity contribution in [2.45, 2.75) is 31.7 Å². The van der Waals surface area contributed by atoms with E-state index in [1.807, 2.05) is 52.3 Å². The number of hydrogen-bond acceptors (Lipinski definition) is 3. The zero-order valence-electron chi connectivity index (χ0n) is 14.8. The Hall–Kier alpha value is -2.69. The minimum Gasteiger partial charge on any atom is -0.338 e. The first-order chi connectivity index (χ1) is 12.7. The molecule has 4 rings (SSSR count). The van der Waals surface area contributed by atoms with Crippen LogP contribution in [-0.4, -0.2) is 52.3 Å². The van der Waals surface area contributed by atoms with Crippen molar-refractivity contribution in [3.05, 3.63) is 54.4 Å². The number of likely N-dealkylation sites (tertiary alicyclic amines) is 2. The van der Waals surface area contributed by atoms with Gasteiger partial charge in [-0.25, -0.2) is 0 Å². The number of carbonyl (C=O) groups excluding carboxylic acids is 2. The van der Waals surface area contributed by atoms with E-state index in [2.05, 4.69) is 4.98 Å². The van der Waals surface area contributed by atoms with Crippen molar-refractivity contribution < 1.29 is 9.59 Å². The Balaban J connectivity index is 1.51. The predicted molar refractivity (Wildman–Crippen MR) is 99.5 cm³/mol. The molecule has 3 heterocycles. The first kappa shape index (κ1) is 16.8. The fourth-order valence-electron chi connectivity index (χ4n) is 3.97. The summed E-state index contributed by atoms with van der Waals surface area (Å²) >= 11 is 0. The first-order valence-corrected chi connectivity index (χ1v) is 9.32. The molecule has 2 saturated heterocycles. The molecule has 5 heteroatoms. The van der Waals surface area contributed by atoms with Gasteiger partial charge in [0.15, 0.2) is 0 Å². The molecule has 0 spiro atoms. The average molecular weight is 349 g/mol. The number of piperidine rings is 1. The summed E-state index contributed by atoms with van der Waals surface area (Å²) in [5, 5.41) is 0. The van der Waals surface area contributed by atoms with Gasteiger partial charge in [0.05, 0.1) is 0 Å². The summed E-state index contributed by atoms with van der Waals surface area (Å²) in [6.07, 6.45) is 5.18. The summed E-state index contributed by atoms with van der Waals surface area (Å²) in [4.78, 5) is 33.1. The molecular formula is C21H23N3O2. The molecule has 5 nitrogen and oxygen atoms in total. The maximum atomic E-state index is 13.0. The number of nitrogens with zero attached hydrogens (tertiary/aromatic N) is 3. The molecule has 2 aliphatic heterocycles. The van der Waals surface area contributed by atoms with Gasteiger partial charge >= 0.3 is 0 Å². The number of pyridine rings is 1. The van der Waals surface area contributed by atoms with Gasteiger partial charge in [0.1, 0.15) is 5.69 Å². The van der Waals surface area contributed by atoms with Crippen molar-refractivity contribution in [3.8, 4) is 11.1 Å². The summed E-state index contributed by atoms with van der Waals surface area (Å²) in [5.74, 6) is 0.188. The lowest BCUT2D eigenvalue weighted by Gasteiger charge is -2.37. The van der Waals surface area contributed by atoms with Gasteiger partial charge in [0.25, 0.3) is 5.91 Å². The summed E-state index contributed by atoms with van der Waals surface area (Å²) < 4.78 is 0. The number of carbonyl (C=O) groups is 2. The highest BCUT2D eigenvalue weighted by Gasteiger charge is 2.33. The third kappa shape index (κ3) is 3.34. The Morgan fingerprint density at radius 2 is 1.88 bits per heavy atom. The molecule has 2 fully saturated rings. The molecule has 0 radical (unpaired) electrons. The van der Waals surface area contributed by atoms with Crippen LogP contribution in [0.1, 0.15) is 36.2 Å². The first-order valence-electron chi connectivity index (χ1n) is 9.32. The molecule has 26 heavy (non-hydrogen) atoms. The number of benzene rings is 1. The van der Waals surface area contributed by atoms with Crippen LogP contribution in [-0.2, 0) is 4.79 Å². The third-order valence-corrected chi connectivity index (χ3v) is 5.32. The van der Waals surface area contributed by atoms with Gasteiger partial charge in [-0.15, -0.1) is 0 Å². The number of rotatable bonds is 3. The van der Waals surface area contributed by atoms with Crippen molar-refractivity contribution >= 4 is 11.8 Å². The van der Waals surface area contributed by atoms with E-state index >= 15 is 0 Å². The third-order valence-electron chi connectivity index (χ3n) is 5.32. The van der Waals surface area contributed by atoms with Crippen LogP contribution in [0.3, 0.4) is 0 Å². The molecular weight excluding hydrogens is 326 g/mol. The van der Waals surface area contributed by atoms with Gasteiger partial charge in [-0.3, -0.25) is 14.6 Å². The predicted octanol–water partition coefficient (Wildman–Crippen LogP) is 2.98. The molecule has 1 unspecified atom stereocenters. The van der Waals surface area contributed by atoms with Crippen molar-refractivity contribution in [2.75, 3.05) is 19.6 Å². The fraction of sp³-hybridized carbons (Fsp3) is 0.381. The maximum Gasteiger partial charge on any atom is 0.272 e. The zero-order valence-corrected chi connectivity index (χ0v) is 14.8. The molecule has 1 atom stereocenters. The van der Waals surface area contributed by atoms with E-state index in [-0.39, 0.29) is 17.9 Å². The fourth-order valence-corrected chi connectivity index (χ4v) is 3.97. The highest BCUT2D eigenvalue weighted by atomic mass is 16.2. The Morgan fingerprint density at radius 1 is 1.04 bits per heavy atom. The van der Waals surface area contributed by atoms with Crippen LogP contribution in [0.4, 0.5) is 0 Å². The summed E-state index contributed by atoms with van der Waals surface area (Å²) in [5.41, 5.74) is 2.54. The van der Waals surface area contributed by atoms with Crippen LogP contribution in [0.5, 0.6) is 0 Å². The van der Waals surface area contributed by atoms with Crippen LogP contribution >= 0.6 is 0 Å². The van der Waals surface area contributed by atoms with Gasteiger partial charge in [-0.1, -0.05) is 30.3 Å². The van der Waals surface area contributed by atoms with Crippen LogP contribution in [0.2, 0.25) is 0 Å². The minimum atomic E-state index is -0.0425. The molecule has 0 bridgehead atoms. The molecule has 0 saturated carbocycles. The molecule has 0 N–H and O–H groups in total. The van der Waals surface area contributed by atoms with Crippen molar-refractivity contribution in [2.24, 2.45) is 0 Å². The molecule has 2 amide bonds. The normalized spacial score (nSPS) is 20.5. The lowest BCUT2D eigenvalue weighted by Crippen LogP contribution is -2.50. The van der Waals surface area contributed by atoms with Crippen LogP contribution in [0, 0.1) is 0 Å². The van der Waals surface area contributed by atoms with Crippen LogP contribution in [0.15, 0.2) is 48.7 Å². The Bertz CT molecular complexity index is 806. The summed E-state index contributed by atoms with van der Waals surface area (Å²) in [7, 11) is 0. The van der Waals surface area contributed by atoms with Crippen LogP contribution in [0.25, 0.3) is 11.1 Å². The van der Waals surface area contributed by atoms with Gasteiger partial charge in [0, 0.05) is 38.3 Å². The minimum absolute atomic E-state index is 0.0425. The number of amides is 2. The van der Waals surface area contributed by atoms with Gasteiger partial charge in [-0.05, 0) is 42.5 Å². The average Bonchev–Trinajstić information content (AvgIpc) is 3.14. The second kappa shape index (κ2) is 7.28. The van der Waals surface area contributed by atoms with Gasteiger partial charge in [-0.2, -0.15) is 0 Å². The van der Waals surface area contributed by atoms with E-state index in [9.17, 15) is 9.59 Å². The summed E-state index contributed by atoms with van der Waals surface area (Å²) in [6, 6.07) is 13.9. The van der Waals surface area contributed by atoms with E-state index < -0.39 is 0 Å². The van der Waals surface area contributed by atoms with Crippen LogP contribution < -0.4 is 0 Å². The molecule has 1 aromatic heterocycles.